The summed E-state index contributed by atoms with van der Waals surface area (Å²) in [6.45, 7) is 1.26. The number of nitrogens with one attached hydrogen (secondary N) is 1. The molecule has 1 heterocycles. The van der Waals surface area contributed by atoms with E-state index in [1.165, 1.54) is 6.07 Å². The maximum Gasteiger partial charge on any atom is 0.163 e. The van der Waals surface area contributed by atoms with E-state index >= 15 is 0 Å². The van der Waals surface area contributed by atoms with Gasteiger partial charge in [-0.25, -0.2) is 4.39 Å². The number of hydrogen-bond donors (Lipinski definition) is 3. The molecule has 150 valence electrons. The van der Waals surface area contributed by atoms with Crippen molar-refractivity contribution in [3.8, 4) is 0 Å². The minimum absolute atomic E-state index is 0.141. The summed E-state index contributed by atoms with van der Waals surface area (Å²) in [6, 6.07) is 6.97. The van der Waals surface area contributed by atoms with Gasteiger partial charge < -0.3 is 10.2 Å². The maximum atomic E-state index is 13.9. The molecule has 3 fully saturated rings. The summed E-state index contributed by atoms with van der Waals surface area (Å²) in [7, 11) is 4.14. The molecule has 3 aliphatic rings. The highest BCUT2D eigenvalue weighted by Crippen LogP contribution is 2.49. The van der Waals surface area contributed by atoms with Gasteiger partial charge in [0.25, 0.3) is 0 Å². The van der Waals surface area contributed by atoms with Crippen LogP contribution < -0.4 is 5.32 Å². The molecule has 0 amide bonds. The van der Waals surface area contributed by atoms with Crippen LogP contribution in [0.25, 0.3) is 0 Å². The van der Waals surface area contributed by atoms with E-state index in [0.717, 1.165) is 57.1 Å². The fraction of sp³-hybridized carbons (Fsp3) is 0.714. The number of aliphatic hydroxyl groups excluding tert-OH is 1. The molecule has 3 N–H and O–H groups in total. The Kier molecular flexibility index (Phi) is 4.84. The third-order valence-corrected chi connectivity index (χ3v) is 7.49. The third-order valence-electron chi connectivity index (χ3n) is 7.49. The number of halogens is 1. The molecule has 4 rings (SSSR count). The van der Waals surface area contributed by atoms with Gasteiger partial charge in [0, 0.05) is 24.2 Å². The Hall–Kier alpha value is -1.05. The molecule has 0 radical (unpaired) electrons. The fourth-order valence-corrected chi connectivity index (χ4v) is 5.43. The molecule has 1 unspecified atom stereocenters. The molecule has 5 nitrogen and oxygen atoms in total. The molecular weight excluding hydrogens is 345 g/mol. The van der Waals surface area contributed by atoms with Crippen molar-refractivity contribution in [1.82, 2.24) is 15.1 Å². The molecule has 0 aromatic heterocycles. The Balaban J connectivity index is 1.57. The molecular formula is C21H32FN3O2. The van der Waals surface area contributed by atoms with Gasteiger partial charge in [-0.15, -0.1) is 0 Å². The van der Waals surface area contributed by atoms with Gasteiger partial charge in [0.15, 0.2) is 6.35 Å². The van der Waals surface area contributed by atoms with E-state index in [9.17, 15) is 14.6 Å². The van der Waals surface area contributed by atoms with Gasteiger partial charge in [0.05, 0.1) is 5.60 Å². The topological polar surface area (TPSA) is 59.0 Å². The largest absolute Gasteiger partial charge is 0.389 e. The first-order valence-corrected chi connectivity index (χ1v) is 10.1. The standard InChI is InChI=1S/C21H32FN3O2/c1-24(2)21(16-5-3-6-17(22)13-16)11-9-19(10-12-21)14-23-18(26)25(19)15-20(27)7-4-8-20/h3,5-6,13,18,23,26-27H,4,7-12,14-15H2,1-2H3. The molecule has 1 aromatic carbocycles. The number of aliphatic hydroxyl groups is 2. The fourth-order valence-electron chi connectivity index (χ4n) is 5.43. The van der Waals surface area contributed by atoms with Crippen molar-refractivity contribution in [2.75, 3.05) is 27.2 Å². The first-order valence-electron chi connectivity index (χ1n) is 10.1. The van der Waals surface area contributed by atoms with Crippen molar-refractivity contribution in [3.05, 3.63) is 35.6 Å². The third kappa shape index (κ3) is 3.21. The van der Waals surface area contributed by atoms with Crippen molar-refractivity contribution in [2.24, 2.45) is 0 Å². The van der Waals surface area contributed by atoms with Crippen LogP contribution in [0.1, 0.15) is 50.5 Å². The van der Waals surface area contributed by atoms with E-state index in [4.69, 9.17) is 0 Å². The van der Waals surface area contributed by atoms with Crippen LogP contribution in [0.3, 0.4) is 0 Å². The Morgan fingerprint density at radius 1 is 1.19 bits per heavy atom. The number of rotatable bonds is 4. The Labute approximate surface area is 161 Å². The second kappa shape index (κ2) is 6.78. The quantitative estimate of drug-likeness (QED) is 0.749. The first kappa shape index (κ1) is 19.3. The molecule has 2 saturated carbocycles. The van der Waals surface area contributed by atoms with E-state index in [0.29, 0.717) is 6.54 Å². The van der Waals surface area contributed by atoms with Gasteiger partial charge in [-0.2, -0.15) is 0 Å². The summed E-state index contributed by atoms with van der Waals surface area (Å²) >= 11 is 0. The highest BCUT2D eigenvalue weighted by atomic mass is 19.1. The monoisotopic (exact) mass is 377 g/mol. The zero-order chi connectivity index (χ0) is 19.3. The average molecular weight is 378 g/mol. The summed E-state index contributed by atoms with van der Waals surface area (Å²) in [6.07, 6.45) is 5.60. The zero-order valence-electron chi connectivity index (χ0n) is 16.4. The van der Waals surface area contributed by atoms with Crippen LogP contribution >= 0.6 is 0 Å². The highest BCUT2D eigenvalue weighted by Gasteiger charge is 2.54. The molecule has 0 bridgehead atoms. The highest BCUT2D eigenvalue weighted by molar-refractivity contribution is 5.27. The Bertz CT molecular complexity index is 684. The van der Waals surface area contributed by atoms with Crippen LogP contribution in [0, 0.1) is 5.82 Å². The normalized spacial score (nSPS) is 36.3. The maximum absolute atomic E-state index is 13.9. The number of β-amino-alcohol motifs (C(OH)–C–C–N with tert-alkyl or cyclic N) is 1. The van der Waals surface area contributed by atoms with Crippen LogP contribution in [0.5, 0.6) is 0 Å². The predicted octanol–water partition coefficient (Wildman–Crippen LogP) is 1.99. The lowest BCUT2D eigenvalue weighted by molar-refractivity contribution is -0.127. The summed E-state index contributed by atoms with van der Waals surface area (Å²) in [5.41, 5.74) is 0.0360. The van der Waals surface area contributed by atoms with Crippen molar-refractivity contribution in [3.63, 3.8) is 0 Å². The second-order valence-electron chi connectivity index (χ2n) is 9.12. The molecule has 1 atom stereocenters. The summed E-state index contributed by atoms with van der Waals surface area (Å²) in [5, 5.41) is 24.4. The summed E-state index contributed by atoms with van der Waals surface area (Å²) < 4.78 is 13.9. The molecule has 1 saturated heterocycles. The van der Waals surface area contributed by atoms with Crippen molar-refractivity contribution in [1.29, 1.82) is 0 Å². The van der Waals surface area contributed by atoms with Crippen LogP contribution in [0.15, 0.2) is 24.3 Å². The van der Waals surface area contributed by atoms with E-state index in [2.05, 4.69) is 29.2 Å². The SMILES string of the molecule is CN(C)C1(c2cccc(F)c2)CCC2(CC1)CNC(O)N2CC1(O)CCC1. The second-order valence-corrected chi connectivity index (χ2v) is 9.12. The lowest BCUT2D eigenvalue weighted by Gasteiger charge is -2.53. The number of hydrogen-bond acceptors (Lipinski definition) is 5. The zero-order valence-corrected chi connectivity index (χ0v) is 16.4. The van der Waals surface area contributed by atoms with Gasteiger partial charge in [0.2, 0.25) is 0 Å². The summed E-state index contributed by atoms with van der Waals surface area (Å²) in [4.78, 5) is 4.31. The van der Waals surface area contributed by atoms with Crippen LogP contribution in [0.4, 0.5) is 4.39 Å². The smallest absolute Gasteiger partial charge is 0.163 e. The molecule has 2 aliphatic carbocycles. The molecule has 6 heteroatoms. The Morgan fingerprint density at radius 3 is 2.44 bits per heavy atom. The van der Waals surface area contributed by atoms with Gasteiger partial charge in [-0.1, -0.05) is 12.1 Å². The van der Waals surface area contributed by atoms with Crippen molar-refractivity contribution < 1.29 is 14.6 Å². The van der Waals surface area contributed by atoms with E-state index < -0.39 is 12.0 Å². The van der Waals surface area contributed by atoms with Crippen LogP contribution in [-0.4, -0.2) is 64.7 Å². The molecule has 27 heavy (non-hydrogen) atoms. The van der Waals surface area contributed by atoms with Gasteiger partial charge in [0.1, 0.15) is 5.82 Å². The van der Waals surface area contributed by atoms with Crippen molar-refractivity contribution >= 4 is 0 Å². The Morgan fingerprint density at radius 2 is 1.89 bits per heavy atom. The summed E-state index contributed by atoms with van der Waals surface area (Å²) in [5.74, 6) is -0.194. The molecule has 1 spiro atoms. The molecule has 1 aromatic rings. The van der Waals surface area contributed by atoms with Gasteiger partial charge in [-0.3, -0.25) is 15.1 Å². The van der Waals surface area contributed by atoms with Gasteiger partial charge in [-0.05, 0) is 76.7 Å². The van der Waals surface area contributed by atoms with E-state index in [1.54, 1.807) is 12.1 Å². The van der Waals surface area contributed by atoms with Gasteiger partial charge >= 0.3 is 0 Å². The average Bonchev–Trinajstić information content (AvgIpc) is 2.91. The van der Waals surface area contributed by atoms with E-state index in [-0.39, 0.29) is 16.9 Å². The number of nitrogens with zero attached hydrogens (tertiary/aromatic N) is 2. The molecule has 1 aliphatic heterocycles. The minimum atomic E-state index is -0.698. The lowest BCUT2D eigenvalue weighted by atomic mass is 9.68. The lowest BCUT2D eigenvalue weighted by Crippen LogP contribution is -2.60. The minimum Gasteiger partial charge on any atom is -0.389 e. The number of benzene rings is 1. The van der Waals surface area contributed by atoms with Crippen molar-refractivity contribution in [2.45, 2.75) is 68.0 Å². The van der Waals surface area contributed by atoms with Crippen LogP contribution in [0.2, 0.25) is 0 Å². The predicted molar refractivity (Wildman–Crippen MR) is 102 cm³/mol. The van der Waals surface area contributed by atoms with E-state index in [1.807, 2.05) is 6.07 Å². The van der Waals surface area contributed by atoms with Crippen LogP contribution in [-0.2, 0) is 5.54 Å². The first-order chi connectivity index (χ1) is 12.8.